The molecule has 0 aromatic heterocycles. The summed E-state index contributed by atoms with van der Waals surface area (Å²) < 4.78 is 5.90. The molecule has 0 aliphatic carbocycles. The predicted molar refractivity (Wildman–Crippen MR) is 64.8 cm³/mol. The molecule has 0 saturated heterocycles. The first-order chi connectivity index (χ1) is 7.17. The smallest absolute Gasteiger partial charge is 0.218 e. The fourth-order valence-corrected chi connectivity index (χ4v) is 3.23. The molecule has 1 rings (SSSR count). The van der Waals surface area contributed by atoms with Gasteiger partial charge in [-0.2, -0.15) is 0 Å². The van der Waals surface area contributed by atoms with Crippen LogP contribution in [0.25, 0.3) is 0 Å². The Morgan fingerprint density at radius 2 is 1.93 bits per heavy atom. The summed E-state index contributed by atoms with van der Waals surface area (Å²) in [5.41, 5.74) is 0. The first-order valence-electron chi connectivity index (χ1n) is 5.30. The lowest BCUT2D eigenvalue weighted by molar-refractivity contribution is -0.108. The highest BCUT2D eigenvalue weighted by Gasteiger charge is 2.24. The van der Waals surface area contributed by atoms with Crippen molar-refractivity contribution >= 4 is 19.8 Å². The topological polar surface area (TPSA) is 26.3 Å². The van der Waals surface area contributed by atoms with E-state index in [0.29, 0.717) is 13.0 Å². The molecule has 0 aliphatic heterocycles. The largest absolute Gasteiger partial charge is 0.413 e. The van der Waals surface area contributed by atoms with Crippen LogP contribution in [0.5, 0.6) is 0 Å². The number of carbonyl (C=O) groups excluding carboxylic acids is 1. The van der Waals surface area contributed by atoms with Crippen LogP contribution in [0.2, 0.25) is 13.1 Å². The van der Waals surface area contributed by atoms with Crippen LogP contribution in [0.4, 0.5) is 0 Å². The van der Waals surface area contributed by atoms with Crippen LogP contribution in [0, 0.1) is 0 Å². The Balaban J connectivity index is 2.48. The van der Waals surface area contributed by atoms with Crippen LogP contribution in [0.3, 0.4) is 0 Å². The fraction of sp³-hybridized carbons (Fsp3) is 0.417. The zero-order chi connectivity index (χ0) is 11.1. The molecule has 0 fully saturated rings. The Kier molecular flexibility index (Phi) is 4.72. The van der Waals surface area contributed by atoms with Gasteiger partial charge in [0, 0.05) is 13.0 Å². The molecule has 0 saturated carbocycles. The molecule has 0 amide bonds. The van der Waals surface area contributed by atoms with E-state index in [1.807, 2.05) is 18.2 Å². The van der Waals surface area contributed by atoms with Crippen molar-refractivity contribution in [1.82, 2.24) is 0 Å². The third-order valence-corrected chi connectivity index (χ3v) is 5.05. The summed E-state index contributed by atoms with van der Waals surface area (Å²) in [5, 5.41) is 1.30. The summed E-state index contributed by atoms with van der Waals surface area (Å²) >= 11 is 0. The van der Waals surface area contributed by atoms with E-state index >= 15 is 0 Å². The molecule has 15 heavy (non-hydrogen) atoms. The number of benzene rings is 1. The van der Waals surface area contributed by atoms with E-state index in [2.05, 4.69) is 25.2 Å². The van der Waals surface area contributed by atoms with Gasteiger partial charge in [-0.05, 0) is 24.7 Å². The Morgan fingerprint density at radius 1 is 1.27 bits per heavy atom. The molecule has 0 heterocycles. The summed E-state index contributed by atoms with van der Waals surface area (Å²) in [5.74, 6) is 0. The lowest BCUT2D eigenvalue weighted by Gasteiger charge is -2.23. The van der Waals surface area contributed by atoms with Crippen molar-refractivity contribution in [3.63, 3.8) is 0 Å². The monoisotopic (exact) mass is 222 g/mol. The fourth-order valence-electron chi connectivity index (χ4n) is 1.42. The van der Waals surface area contributed by atoms with Crippen molar-refractivity contribution in [3.05, 3.63) is 30.3 Å². The molecule has 0 N–H and O–H groups in total. The molecule has 0 radical (unpaired) electrons. The summed E-state index contributed by atoms with van der Waals surface area (Å²) in [4.78, 5) is 10.2. The predicted octanol–water partition coefficient (Wildman–Crippen LogP) is 2.09. The molecular formula is C12H18O2Si. The minimum atomic E-state index is -1.75. The summed E-state index contributed by atoms with van der Waals surface area (Å²) in [7, 11) is -1.75. The van der Waals surface area contributed by atoms with E-state index in [-0.39, 0.29) is 0 Å². The van der Waals surface area contributed by atoms with Crippen LogP contribution in [-0.2, 0) is 9.22 Å². The van der Waals surface area contributed by atoms with E-state index in [0.717, 1.165) is 12.7 Å². The van der Waals surface area contributed by atoms with Crippen molar-refractivity contribution in [2.45, 2.75) is 25.9 Å². The van der Waals surface area contributed by atoms with E-state index in [4.69, 9.17) is 4.43 Å². The first-order valence-corrected chi connectivity index (χ1v) is 8.21. The summed E-state index contributed by atoms with van der Waals surface area (Å²) in [6, 6.07) is 10.3. The maximum absolute atomic E-state index is 10.2. The summed E-state index contributed by atoms with van der Waals surface area (Å²) in [6.07, 6.45) is 2.37. The van der Waals surface area contributed by atoms with Crippen LogP contribution in [-0.4, -0.2) is 21.2 Å². The number of hydrogen-bond acceptors (Lipinski definition) is 2. The average Bonchev–Trinajstić information content (AvgIpc) is 2.26. The van der Waals surface area contributed by atoms with Crippen LogP contribution < -0.4 is 5.19 Å². The lowest BCUT2D eigenvalue weighted by atomic mass is 10.4. The Morgan fingerprint density at radius 3 is 2.53 bits per heavy atom. The number of rotatable bonds is 6. The SMILES string of the molecule is C[Si](C)(OCCCC=O)c1ccccc1. The van der Waals surface area contributed by atoms with Crippen molar-refractivity contribution in [1.29, 1.82) is 0 Å². The molecule has 82 valence electrons. The number of carbonyl (C=O) groups is 1. The first kappa shape index (κ1) is 12.1. The van der Waals surface area contributed by atoms with Crippen LogP contribution in [0.15, 0.2) is 30.3 Å². The zero-order valence-corrected chi connectivity index (χ0v) is 10.4. The average molecular weight is 222 g/mol. The van der Waals surface area contributed by atoms with Crippen LogP contribution in [0.1, 0.15) is 12.8 Å². The van der Waals surface area contributed by atoms with E-state index in [1.165, 1.54) is 5.19 Å². The van der Waals surface area contributed by atoms with E-state index in [1.54, 1.807) is 0 Å². The third kappa shape index (κ3) is 3.97. The van der Waals surface area contributed by atoms with E-state index < -0.39 is 8.32 Å². The molecule has 1 aromatic rings. The molecule has 1 aromatic carbocycles. The highest BCUT2D eigenvalue weighted by atomic mass is 28.4. The van der Waals surface area contributed by atoms with Gasteiger partial charge in [0.2, 0.25) is 8.32 Å². The molecule has 0 atom stereocenters. The Bertz CT molecular complexity index is 296. The highest BCUT2D eigenvalue weighted by Crippen LogP contribution is 2.06. The molecule has 0 aliphatic rings. The third-order valence-electron chi connectivity index (χ3n) is 2.40. The van der Waals surface area contributed by atoms with Crippen LogP contribution >= 0.6 is 0 Å². The van der Waals surface area contributed by atoms with Gasteiger partial charge < -0.3 is 9.22 Å². The standard InChI is InChI=1S/C12H18O2Si/c1-15(2,14-11-7-6-10-13)12-8-4-3-5-9-12/h3-5,8-10H,6-7,11H2,1-2H3. The number of unbranched alkanes of at least 4 members (excludes halogenated alkanes) is 1. The molecule has 3 heteroatoms. The van der Waals surface area contributed by atoms with Gasteiger partial charge in [0.1, 0.15) is 6.29 Å². The molecular weight excluding hydrogens is 204 g/mol. The molecule has 2 nitrogen and oxygen atoms in total. The number of hydrogen-bond donors (Lipinski definition) is 0. The van der Waals surface area contributed by atoms with Gasteiger partial charge in [-0.15, -0.1) is 0 Å². The second-order valence-corrected chi connectivity index (χ2v) is 7.92. The second kappa shape index (κ2) is 5.83. The quantitative estimate of drug-likeness (QED) is 0.418. The number of aldehydes is 1. The molecule has 0 bridgehead atoms. The van der Waals surface area contributed by atoms with Gasteiger partial charge in [-0.25, -0.2) is 0 Å². The van der Waals surface area contributed by atoms with E-state index in [9.17, 15) is 4.79 Å². The van der Waals surface area contributed by atoms with Crippen molar-refractivity contribution < 1.29 is 9.22 Å². The maximum atomic E-state index is 10.2. The van der Waals surface area contributed by atoms with Gasteiger partial charge in [-0.3, -0.25) is 0 Å². The van der Waals surface area contributed by atoms with Gasteiger partial charge in [0.25, 0.3) is 0 Å². The Hall–Kier alpha value is -0.933. The van der Waals surface area contributed by atoms with Gasteiger partial charge >= 0.3 is 0 Å². The van der Waals surface area contributed by atoms with Gasteiger partial charge in [-0.1, -0.05) is 30.3 Å². The normalized spacial score (nSPS) is 11.3. The molecule has 0 unspecified atom stereocenters. The Labute approximate surface area is 92.4 Å². The zero-order valence-electron chi connectivity index (χ0n) is 9.40. The van der Waals surface area contributed by atoms with Crippen molar-refractivity contribution in [3.8, 4) is 0 Å². The van der Waals surface area contributed by atoms with Gasteiger partial charge in [0.15, 0.2) is 0 Å². The van der Waals surface area contributed by atoms with Crippen molar-refractivity contribution in [2.75, 3.05) is 6.61 Å². The lowest BCUT2D eigenvalue weighted by Crippen LogP contribution is -2.44. The second-order valence-electron chi connectivity index (χ2n) is 4.03. The molecule has 0 spiro atoms. The minimum Gasteiger partial charge on any atom is -0.413 e. The maximum Gasteiger partial charge on any atom is 0.218 e. The van der Waals surface area contributed by atoms with Crippen molar-refractivity contribution in [2.24, 2.45) is 0 Å². The summed E-state index contributed by atoms with van der Waals surface area (Å²) in [6.45, 7) is 5.05. The minimum absolute atomic E-state index is 0.596. The highest BCUT2D eigenvalue weighted by molar-refractivity contribution is 6.84. The van der Waals surface area contributed by atoms with Gasteiger partial charge in [0.05, 0.1) is 0 Å².